The maximum atomic E-state index is 12.3. The molecule has 4 heteroatoms. The summed E-state index contributed by atoms with van der Waals surface area (Å²) in [6.45, 7) is 7.61. The van der Waals surface area contributed by atoms with Crippen LogP contribution >= 0.6 is 0 Å². The zero-order chi connectivity index (χ0) is 13.7. The van der Waals surface area contributed by atoms with Crippen LogP contribution in [-0.2, 0) is 4.79 Å². The molecule has 0 aromatic carbocycles. The van der Waals surface area contributed by atoms with Crippen LogP contribution in [0.25, 0.3) is 0 Å². The van der Waals surface area contributed by atoms with Gasteiger partial charge in [0.1, 0.15) is 0 Å². The number of carbonyl (C=O) groups excluding carboxylic acids is 1. The van der Waals surface area contributed by atoms with Gasteiger partial charge in [0.05, 0.1) is 6.54 Å². The predicted octanol–water partition coefficient (Wildman–Crippen LogP) is 1.45. The highest BCUT2D eigenvalue weighted by molar-refractivity contribution is 5.78. The van der Waals surface area contributed by atoms with Crippen molar-refractivity contribution in [1.82, 2.24) is 9.80 Å². The average molecular weight is 267 g/mol. The Hall–Kier alpha value is -0.610. The van der Waals surface area contributed by atoms with Gasteiger partial charge in [-0.3, -0.25) is 9.69 Å². The lowest BCUT2D eigenvalue weighted by atomic mass is 9.80. The van der Waals surface area contributed by atoms with Gasteiger partial charge < -0.3 is 10.6 Å². The van der Waals surface area contributed by atoms with Gasteiger partial charge in [-0.25, -0.2) is 0 Å². The number of amides is 1. The summed E-state index contributed by atoms with van der Waals surface area (Å²) in [5.41, 5.74) is 6.12. The van der Waals surface area contributed by atoms with E-state index in [1.165, 1.54) is 25.7 Å². The highest BCUT2D eigenvalue weighted by Crippen LogP contribution is 2.29. The smallest absolute Gasteiger partial charge is 0.236 e. The van der Waals surface area contributed by atoms with Crippen LogP contribution < -0.4 is 5.73 Å². The molecule has 2 heterocycles. The number of hydrogen-bond donors (Lipinski definition) is 1. The fraction of sp³-hybridized carbons (Fsp3) is 0.933. The number of carbonyl (C=O) groups is 1. The molecule has 2 rings (SSSR count). The van der Waals surface area contributed by atoms with E-state index in [1.54, 1.807) is 0 Å². The quantitative estimate of drug-likeness (QED) is 0.842. The van der Waals surface area contributed by atoms with Crippen molar-refractivity contribution in [2.45, 2.75) is 45.4 Å². The molecule has 0 bridgehead atoms. The van der Waals surface area contributed by atoms with E-state index in [0.29, 0.717) is 17.9 Å². The zero-order valence-corrected chi connectivity index (χ0v) is 12.4. The first-order valence-electron chi connectivity index (χ1n) is 7.83. The molecule has 2 fully saturated rings. The Labute approximate surface area is 117 Å². The molecule has 0 aromatic heterocycles. The summed E-state index contributed by atoms with van der Waals surface area (Å²) in [6, 6.07) is 0. The van der Waals surface area contributed by atoms with Gasteiger partial charge in [0.25, 0.3) is 0 Å². The second-order valence-electron chi connectivity index (χ2n) is 6.59. The molecule has 4 nitrogen and oxygen atoms in total. The number of nitrogens with zero attached hydrogens (tertiary/aromatic N) is 2. The number of likely N-dealkylation sites (tertiary alicyclic amines) is 2. The van der Waals surface area contributed by atoms with Gasteiger partial charge in [0.2, 0.25) is 5.91 Å². The first-order valence-corrected chi connectivity index (χ1v) is 7.83. The second kappa shape index (κ2) is 6.71. The molecule has 0 aromatic rings. The third kappa shape index (κ3) is 4.18. The molecule has 0 spiro atoms. The third-order valence-corrected chi connectivity index (χ3v) is 4.87. The van der Waals surface area contributed by atoms with Gasteiger partial charge in [-0.15, -0.1) is 0 Å². The molecule has 0 saturated carbocycles. The fourth-order valence-corrected chi connectivity index (χ4v) is 3.07. The van der Waals surface area contributed by atoms with Crippen molar-refractivity contribution in [3.63, 3.8) is 0 Å². The Bertz CT molecular complexity index is 290. The van der Waals surface area contributed by atoms with E-state index < -0.39 is 0 Å². The van der Waals surface area contributed by atoms with E-state index >= 15 is 0 Å². The molecule has 0 aliphatic carbocycles. The summed E-state index contributed by atoms with van der Waals surface area (Å²) >= 11 is 0. The summed E-state index contributed by atoms with van der Waals surface area (Å²) < 4.78 is 0. The number of rotatable bonds is 3. The minimum Gasteiger partial charge on any atom is -0.342 e. The molecule has 2 N–H and O–H groups in total. The van der Waals surface area contributed by atoms with Gasteiger partial charge in [0.15, 0.2) is 0 Å². The lowest BCUT2D eigenvalue weighted by Gasteiger charge is -2.38. The van der Waals surface area contributed by atoms with Crippen molar-refractivity contribution < 1.29 is 4.79 Å². The van der Waals surface area contributed by atoms with Gasteiger partial charge in [-0.2, -0.15) is 0 Å². The summed E-state index contributed by atoms with van der Waals surface area (Å²) in [7, 11) is 0. The summed E-state index contributed by atoms with van der Waals surface area (Å²) in [4.78, 5) is 16.7. The van der Waals surface area contributed by atoms with Crippen molar-refractivity contribution in [2.24, 2.45) is 11.1 Å². The number of piperidine rings is 1. The zero-order valence-electron chi connectivity index (χ0n) is 12.4. The molecule has 2 saturated heterocycles. The normalized spacial score (nSPS) is 25.1. The second-order valence-corrected chi connectivity index (χ2v) is 6.59. The first-order chi connectivity index (χ1) is 9.13. The van der Waals surface area contributed by atoms with E-state index in [0.717, 1.165) is 45.6 Å². The predicted molar refractivity (Wildman–Crippen MR) is 77.9 cm³/mol. The van der Waals surface area contributed by atoms with E-state index in [9.17, 15) is 4.79 Å². The van der Waals surface area contributed by atoms with E-state index in [1.807, 2.05) is 0 Å². The monoisotopic (exact) mass is 267 g/mol. The van der Waals surface area contributed by atoms with Crippen LogP contribution in [-0.4, -0.2) is 55.0 Å². The Kier molecular flexibility index (Phi) is 5.22. The Balaban J connectivity index is 1.77. The van der Waals surface area contributed by atoms with Crippen LogP contribution in [0.15, 0.2) is 0 Å². The van der Waals surface area contributed by atoms with Gasteiger partial charge >= 0.3 is 0 Å². The number of hydrogen-bond acceptors (Lipinski definition) is 3. The van der Waals surface area contributed by atoms with E-state index in [-0.39, 0.29) is 0 Å². The van der Waals surface area contributed by atoms with Crippen LogP contribution in [0.2, 0.25) is 0 Å². The van der Waals surface area contributed by atoms with Crippen molar-refractivity contribution >= 4 is 5.91 Å². The molecule has 0 atom stereocenters. The van der Waals surface area contributed by atoms with Crippen LogP contribution in [0.5, 0.6) is 0 Å². The van der Waals surface area contributed by atoms with Crippen LogP contribution in [0.3, 0.4) is 0 Å². The maximum Gasteiger partial charge on any atom is 0.236 e. The molecule has 110 valence electrons. The maximum absolute atomic E-state index is 12.3. The average Bonchev–Trinajstić information content (AvgIpc) is 2.70. The molecule has 0 unspecified atom stereocenters. The van der Waals surface area contributed by atoms with E-state index in [2.05, 4.69) is 16.7 Å². The van der Waals surface area contributed by atoms with Gasteiger partial charge in [-0.1, -0.05) is 19.8 Å². The third-order valence-electron chi connectivity index (χ3n) is 4.87. The molecule has 1 amide bonds. The summed E-state index contributed by atoms with van der Waals surface area (Å²) in [5, 5.41) is 0. The van der Waals surface area contributed by atoms with Crippen molar-refractivity contribution in [1.29, 1.82) is 0 Å². The van der Waals surface area contributed by atoms with Gasteiger partial charge in [-0.05, 0) is 50.7 Å². The SMILES string of the molecule is CC1(CN)CCN(CC(=O)N2CCCCCC2)CC1. The molecular formula is C15H29N3O. The van der Waals surface area contributed by atoms with Crippen molar-refractivity contribution in [3.05, 3.63) is 0 Å². The molecule has 2 aliphatic heterocycles. The van der Waals surface area contributed by atoms with E-state index in [4.69, 9.17) is 5.73 Å². The molecule has 19 heavy (non-hydrogen) atoms. The standard InChI is InChI=1S/C15H29N3O/c1-15(13-16)6-10-17(11-7-15)12-14(19)18-8-4-2-3-5-9-18/h2-13,16H2,1H3. The van der Waals surface area contributed by atoms with Crippen LogP contribution in [0, 0.1) is 5.41 Å². The van der Waals surface area contributed by atoms with Crippen LogP contribution in [0.4, 0.5) is 0 Å². The first kappa shape index (κ1) is 14.8. The highest BCUT2D eigenvalue weighted by Gasteiger charge is 2.30. The minimum atomic E-state index is 0.294. The Morgan fingerprint density at radius 1 is 1.05 bits per heavy atom. The molecule has 0 radical (unpaired) electrons. The van der Waals surface area contributed by atoms with Crippen LogP contribution in [0.1, 0.15) is 45.4 Å². The topological polar surface area (TPSA) is 49.6 Å². The van der Waals surface area contributed by atoms with Crippen molar-refractivity contribution in [2.75, 3.05) is 39.3 Å². The Morgan fingerprint density at radius 2 is 1.63 bits per heavy atom. The molecule has 2 aliphatic rings. The largest absolute Gasteiger partial charge is 0.342 e. The lowest BCUT2D eigenvalue weighted by Crippen LogP contribution is -2.47. The summed E-state index contributed by atoms with van der Waals surface area (Å²) in [6.07, 6.45) is 7.16. The molecular weight excluding hydrogens is 238 g/mol. The minimum absolute atomic E-state index is 0.294. The Morgan fingerprint density at radius 3 is 2.16 bits per heavy atom. The fourth-order valence-electron chi connectivity index (χ4n) is 3.07. The van der Waals surface area contributed by atoms with Gasteiger partial charge in [0, 0.05) is 13.1 Å². The van der Waals surface area contributed by atoms with Crippen molar-refractivity contribution in [3.8, 4) is 0 Å². The number of nitrogens with two attached hydrogens (primary N) is 1. The highest BCUT2D eigenvalue weighted by atomic mass is 16.2. The summed E-state index contributed by atoms with van der Waals surface area (Å²) in [5.74, 6) is 0.332. The lowest BCUT2D eigenvalue weighted by molar-refractivity contribution is -0.132.